The first-order chi connectivity index (χ1) is 15.8. The molecule has 33 heavy (non-hydrogen) atoms. The summed E-state index contributed by atoms with van der Waals surface area (Å²) in [6, 6.07) is 0.164. The van der Waals surface area contributed by atoms with E-state index in [0.29, 0.717) is 43.0 Å². The Morgan fingerprint density at radius 2 is 1.82 bits per heavy atom. The third-order valence-corrected chi connectivity index (χ3v) is 8.46. The predicted molar refractivity (Wildman–Crippen MR) is 123 cm³/mol. The zero-order chi connectivity index (χ0) is 23.2. The predicted octanol–water partition coefficient (Wildman–Crippen LogP) is 0.0532. The average Bonchev–Trinajstić information content (AvgIpc) is 3.36. The Bertz CT molecular complexity index is 1310. The third-order valence-electron chi connectivity index (χ3n) is 6.61. The molecule has 13 heteroatoms. The molecular formula is C20H29N9O3S. The summed E-state index contributed by atoms with van der Waals surface area (Å²) in [6.45, 7) is 2.57. The Labute approximate surface area is 191 Å². The van der Waals surface area contributed by atoms with Crippen LogP contribution in [-0.4, -0.2) is 73.8 Å². The van der Waals surface area contributed by atoms with Gasteiger partial charge in [-0.3, -0.25) is 13.8 Å². The van der Waals surface area contributed by atoms with Gasteiger partial charge >= 0.3 is 5.69 Å². The summed E-state index contributed by atoms with van der Waals surface area (Å²) in [5.41, 5.74) is 1.28. The lowest BCUT2D eigenvalue weighted by Gasteiger charge is -2.31. The fraction of sp³-hybridized carbons (Fsp3) is 0.600. The van der Waals surface area contributed by atoms with Crippen LogP contribution >= 0.6 is 0 Å². The average molecular weight is 476 g/mol. The number of sulfonamides is 1. The van der Waals surface area contributed by atoms with E-state index in [9.17, 15) is 13.2 Å². The highest BCUT2D eigenvalue weighted by Gasteiger charge is 2.31. The minimum absolute atomic E-state index is 0.0468. The van der Waals surface area contributed by atoms with Crippen molar-refractivity contribution in [2.24, 2.45) is 14.1 Å². The van der Waals surface area contributed by atoms with Crippen molar-refractivity contribution >= 4 is 27.1 Å². The molecule has 0 spiro atoms. The minimum Gasteiger partial charge on any atom is -0.351 e. The maximum Gasteiger partial charge on any atom is 0.330 e. The molecule has 2 aliphatic rings. The van der Waals surface area contributed by atoms with E-state index in [1.807, 2.05) is 0 Å². The maximum atomic E-state index is 12.9. The van der Waals surface area contributed by atoms with Gasteiger partial charge in [0, 0.05) is 45.5 Å². The SMILES string of the molecule is Cn1cc(S(=O)(=O)N2CCC(Nc3ncc4c(n3)n(C3CCNCC3)c(=O)n4C)CC2)cn1. The molecule has 3 aromatic rings. The first kappa shape index (κ1) is 22.0. The normalized spacial score (nSPS) is 19.3. The number of rotatable bonds is 5. The number of aryl methyl sites for hydroxylation is 2. The number of hydrogen-bond donors (Lipinski definition) is 2. The van der Waals surface area contributed by atoms with E-state index in [1.165, 1.54) is 21.4 Å². The van der Waals surface area contributed by atoms with Gasteiger partial charge in [-0.05, 0) is 38.8 Å². The van der Waals surface area contributed by atoms with E-state index in [2.05, 4.69) is 20.7 Å². The molecule has 2 saturated heterocycles. The molecule has 2 fully saturated rings. The van der Waals surface area contributed by atoms with Crippen molar-refractivity contribution in [1.82, 2.24) is 38.5 Å². The van der Waals surface area contributed by atoms with Gasteiger partial charge in [0.05, 0.1) is 12.4 Å². The van der Waals surface area contributed by atoms with E-state index >= 15 is 0 Å². The Balaban J connectivity index is 1.31. The van der Waals surface area contributed by atoms with Crippen LogP contribution < -0.4 is 16.3 Å². The molecule has 0 atom stereocenters. The van der Waals surface area contributed by atoms with Gasteiger partial charge in [0.1, 0.15) is 10.4 Å². The largest absolute Gasteiger partial charge is 0.351 e. The molecule has 0 bridgehead atoms. The lowest BCUT2D eigenvalue weighted by atomic mass is 10.1. The Hall–Kier alpha value is -2.77. The highest BCUT2D eigenvalue weighted by molar-refractivity contribution is 7.89. The standard InChI is InChI=1S/C20H29N9O3S/c1-26-13-16(11-23-26)33(31,32)28-9-5-14(6-10-28)24-19-22-12-17-18(25-19)29(20(30)27(17)2)15-3-7-21-8-4-15/h11-15,21H,3-10H2,1-2H3,(H,22,24,25). The topological polar surface area (TPSA) is 132 Å². The van der Waals surface area contributed by atoms with Crippen molar-refractivity contribution in [3.8, 4) is 0 Å². The molecule has 0 aromatic carbocycles. The monoisotopic (exact) mass is 475 g/mol. The van der Waals surface area contributed by atoms with Crippen LogP contribution in [0.4, 0.5) is 5.95 Å². The van der Waals surface area contributed by atoms with Crippen molar-refractivity contribution < 1.29 is 8.42 Å². The second kappa shape index (κ2) is 8.54. The summed E-state index contributed by atoms with van der Waals surface area (Å²) in [6.07, 6.45) is 7.62. The molecule has 0 amide bonds. The summed E-state index contributed by atoms with van der Waals surface area (Å²) in [5, 5.41) is 10.7. The van der Waals surface area contributed by atoms with Crippen LogP contribution in [0.25, 0.3) is 11.2 Å². The number of nitrogens with one attached hydrogen (secondary N) is 2. The Morgan fingerprint density at radius 1 is 1.09 bits per heavy atom. The van der Waals surface area contributed by atoms with Gasteiger partial charge in [-0.1, -0.05) is 0 Å². The van der Waals surface area contributed by atoms with Crippen LogP contribution in [-0.2, 0) is 24.1 Å². The van der Waals surface area contributed by atoms with E-state index in [1.54, 1.807) is 29.4 Å². The summed E-state index contributed by atoms with van der Waals surface area (Å²) in [7, 11) is -0.0964. The van der Waals surface area contributed by atoms with E-state index in [0.717, 1.165) is 25.9 Å². The molecule has 5 rings (SSSR count). The summed E-state index contributed by atoms with van der Waals surface area (Å²) in [4.78, 5) is 22.2. The number of anilines is 1. The lowest BCUT2D eigenvalue weighted by Crippen LogP contribution is -2.42. The van der Waals surface area contributed by atoms with Gasteiger partial charge in [0.2, 0.25) is 16.0 Å². The highest BCUT2D eigenvalue weighted by Crippen LogP contribution is 2.24. The van der Waals surface area contributed by atoms with Crippen LogP contribution in [0.1, 0.15) is 31.7 Å². The van der Waals surface area contributed by atoms with Crippen LogP contribution in [0.15, 0.2) is 28.3 Å². The molecule has 0 unspecified atom stereocenters. The molecule has 2 aliphatic heterocycles. The number of nitrogens with zero attached hydrogens (tertiary/aromatic N) is 7. The first-order valence-electron chi connectivity index (χ1n) is 11.2. The van der Waals surface area contributed by atoms with Crippen LogP contribution in [0.5, 0.6) is 0 Å². The van der Waals surface area contributed by atoms with Gasteiger partial charge in [-0.15, -0.1) is 0 Å². The second-order valence-electron chi connectivity index (χ2n) is 8.77. The first-order valence-corrected chi connectivity index (χ1v) is 12.7. The van der Waals surface area contributed by atoms with Crippen LogP contribution in [0, 0.1) is 0 Å². The van der Waals surface area contributed by atoms with Crippen LogP contribution in [0.3, 0.4) is 0 Å². The number of fused-ring (bicyclic) bond motifs is 1. The third kappa shape index (κ3) is 4.04. The smallest absolute Gasteiger partial charge is 0.330 e. The van der Waals surface area contributed by atoms with E-state index < -0.39 is 10.0 Å². The van der Waals surface area contributed by atoms with Gasteiger partial charge in [-0.2, -0.15) is 14.4 Å². The lowest BCUT2D eigenvalue weighted by molar-refractivity contribution is 0.329. The zero-order valence-electron chi connectivity index (χ0n) is 18.8. The molecule has 2 N–H and O–H groups in total. The number of aromatic nitrogens is 6. The van der Waals surface area contributed by atoms with Crippen molar-refractivity contribution in [2.45, 2.75) is 42.7 Å². The molecule has 3 aromatic heterocycles. The molecule has 0 radical (unpaired) electrons. The number of imidazole rings is 1. The second-order valence-corrected chi connectivity index (χ2v) is 10.7. The number of hydrogen-bond acceptors (Lipinski definition) is 8. The summed E-state index contributed by atoms with van der Waals surface area (Å²) >= 11 is 0. The van der Waals surface area contributed by atoms with Gasteiger partial charge in [0.25, 0.3) is 0 Å². The fourth-order valence-corrected chi connectivity index (χ4v) is 6.16. The van der Waals surface area contributed by atoms with Gasteiger partial charge in [0.15, 0.2) is 5.65 Å². The molecule has 0 saturated carbocycles. The van der Waals surface area contributed by atoms with Gasteiger partial charge in [-0.25, -0.2) is 18.2 Å². The summed E-state index contributed by atoms with van der Waals surface area (Å²) < 4.78 is 32.0. The maximum absolute atomic E-state index is 12.9. The molecule has 5 heterocycles. The highest BCUT2D eigenvalue weighted by atomic mass is 32.2. The Kier molecular flexibility index (Phi) is 5.70. The van der Waals surface area contributed by atoms with Crippen LogP contribution in [0.2, 0.25) is 0 Å². The summed E-state index contributed by atoms with van der Waals surface area (Å²) in [5.74, 6) is 0.462. The molecule has 12 nitrogen and oxygen atoms in total. The van der Waals surface area contributed by atoms with E-state index in [-0.39, 0.29) is 22.7 Å². The molecule has 0 aliphatic carbocycles. The minimum atomic E-state index is -3.54. The van der Waals surface area contributed by atoms with E-state index in [4.69, 9.17) is 4.98 Å². The van der Waals surface area contributed by atoms with Crippen molar-refractivity contribution in [1.29, 1.82) is 0 Å². The molecular weight excluding hydrogens is 446 g/mol. The Morgan fingerprint density at radius 3 is 2.48 bits per heavy atom. The van der Waals surface area contributed by atoms with Gasteiger partial charge < -0.3 is 10.6 Å². The van der Waals surface area contributed by atoms with Crippen molar-refractivity contribution in [3.63, 3.8) is 0 Å². The van der Waals surface area contributed by atoms with Crippen molar-refractivity contribution in [2.75, 3.05) is 31.5 Å². The number of piperidine rings is 2. The molecule has 178 valence electrons. The fourth-order valence-electron chi connectivity index (χ4n) is 4.70. The quantitative estimate of drug-likeness (QED) is 0.529. The van der Waals surface area contributed by atoms with Crippen molar-refractivity contribution in [3.05, 3.63) is 29.1 Å². The zero-order valence-corrected chi connectivity index (χ0v) is 19.6.